The molecule has 2 atom stereocenters. The summed E-state index contributed by atoms with van der Waals surface area (Å²) in [5.41, 5.74) is 12.2. The van der Waals surface area contributed by atoms with E-state index < -0.39 is 37.6 Å². The zero-order valence-corrected chi connectivity index (χ0v) is 18.3. The topological polar surface area (TPSA) is 104 Å². The van der Waals surface area contributed by atoms with Crippen molar-refractivity contribution in [2.24, 2.45) is 5.11 Å². The molecule has 0 aliphatic rings. The van der Waals surface area contributed by atoms with Crippen LogP contribution in [0.2, 0.25) is 19.6 Å². The first-order chi connectivity index (χ1) is 12.9. The van der Waals surface area contributed by atoms with Crippen molar-refractivity contribution in [3.63, 3.8) is 0 Å². The summed E-state index contributed by atoms with van der Waals surface area (Å²) in [5.74, 6) is 1.14. The zero-order chi connectivity index (χ0) is 21.4. The lowest BCUT2D eigenvalue weighted by molar-refractivity contribution is -0.152. The van der Waals surface area contributed by atoms with E-state index in [0.717, 1.165) is 5.56 Å². The molecule has 2 unspecified atom stereocenters. The van der Waals surface area contributed by atoms with Gasteiger partial charge < -0.3 is 10.1 Å². The van der Waals surface area contributed by atoms with Crippen LogP contribution in [0.3, 0.4) is 0 Å². The number of hydrogen-bond acceptors (Lipinski definition) is 4. The number of carbonyl (C=O) groups excluding carboxylic acids is 2. The summed E-state index contributed by atoms with van der Waals surface area (Å²) in [4.78, 5) is 27.9. The van der Waals surface area contributed by atoms with Crippen molar-refractivity contribution in [3.05, 3.63) is 46.3 Å². The van der Waals surface area contributed by atoms with E-state index in [1.165, 1.54) is 0 Å². The summed E-state index contributed by atoms with van der Waals surface area (Å²) in [7, 11) is -1.78. The van der Waals surface area contributed by atoms with E-state index in [1.807, 2.05) is 70.7 Å². The van der Waals surface area contributed by atoms with Crippen LogP contribution in [0.5, 0.6) is 0 Å². The highest BCUT2D eigenvalue weighted by atomic mass is 28.3. The minimum atomic E-state index is -1.78. The molecular formula is C20H28N4O3Si. The van der Waals surface area contributed by atoms with Gasteiger partial charge in [0.2, 0.25) is 0 Å². The molecule has 1 aromatic carbocycles. The molecule has 0 fully saturated rings. The van der Waals surface area contributed by atoms with Crippen LogP contribution in [0.1, 0.15) is 26.3 Å². The fraction of sp³-hybridized carbons (Fsp3) is 0.500. The highest BCUT2D eigenvalue weighted by Gasteiger charge is 2.33. The van der Waals surface area contributed by atoms with Crippen molar-refractivity contribution in [3.8, 4) is 11.5 Å². The van der Waals surface area contributed by atoms with Crippen LogP contribution < -0.4 is 5.32 Å². The van der Waals surface area contributed by atoms with Gasteiger partial charge in [-0.15, -0.1) is 5.54 Å². The van der Waals surface area contributed by atoms with Gasteiger partial charge in [-0.2, -0.15) is 0 Å². The standard InChI is InChI=1S/C20H28N4O3Si/c1-20(2,3)22-19(26)18(27-17(25)12-13-28(4,5)6)16(23-24-21)14-15-10-8-7-9-11-15/h7-11,16,18H,14H2,1-6H3,(H,22,26). The molecule has 1 amide bonds. The average Bonchev–Trinajstić information content (AvgIpc) is 2.56. The minimum absolute atomic E-state index is 0.252. The zero-order valence-electron chi connectivity index (χ0n) is 17.3. The molecule has 7 nitrogen and oxygen atoms in total. The van der Waals surface area contributed by atoms with Crippen molar-refractivity contribution < 1.29 is 14.3 Å². The van der Waals surface area contributed by atoms with Crippen LogP contribution in [0.15, 0.2) is 35.4 Å². The van der Waals surface area contributed by atoms with Gasteiger partial charge in [0.1, 0.15) is 8.07 Å². The van der Waals surface area contributed by atoms with E-state index in [9.17, 15) is 9.59 Å². The van der Waals surface area contributed by atoms with Gasteiger partial charge in [-0.25, -0.2) is 4.79 Å². The first kappa shape index (κ1) is 23.3. The molecule has 0 aliphatic heterocycles. The van der Waals surface area contributed by atoms with E-state index in [2.05, 4.69) is 26.8 Å². The normalized spacial score (nSPS) is 13.2. The Morgan fingerprint density at radius 3 is 2.36 bits per heavy atom. The summed E-state index contributed by atoms with van der Waals surface area (Å²) in [6, 6.07) is 8.36. The fourth-order valence-corrected chi connectivity index (χ4v) is 2.74. The Balaban J connectivity index is 3.17. The predicted octanol–water partition coefficient (Wildman–Crippen LogP) is 3.62. The van der Waals surface area contributed by atoms with Gasteiger partial charge in [0.15, 0.2) is 6.10 Å². The molecule has 1 aromatic rings. The van der Waals surface area contributed by atoms with Crippen molar-refractivity contribution in [1.82, 2.24) is 5.32 Å². The van der Waals surface area contributed by atoms with Gasteiger partial charge in [0, 0.05) is 16.4 Å². The molecule has 1 rings (SSSR count). The number of esters is 1. The van der Waals surface area contributed by atoms with Gasteiger partial charge in [-0.05, 0) is 38.3 Å². The monoisotopic (exact) mass is 400 g/mol. The van der Waals surface area contributed by atoms with E-state index in [-0.39, 0.29) is 6.42 Å². The van der Waals surface area contributed by atoms with Crippen molar-refractivity contribution >= 4 is 20.0 Å². The Morgan fingerprint density at radius 2 is 1.86 bits per heavy atom. The lowest BCUT2D eigenvalue weighted by Crippen LogP contribution is -2.51. The summed E-state index contributed by atoms with van der Waals surface area (Å²) in [6.45, 7) is 11.4. The molecule has 0 spiro atoms. The molecule has 0 bridgehead atoms. The number of amides is 1. The largest absolute Gasteiger partial charge is 0.442 e. The maximum atomic E-state index is 12.8. The molecule has 150 valence electrons. The summed E-state index contributed by atoms with van der Waals surface area (Å²) < 4.78 is 5.37. The van der Waals surface area contributed by atoms with E-state index in [4.69, 9.17) is 10.3 Å². The molecule has 1 N–H and O–H groups in total. The van der Waals surface area contributed by atoms with Gasteiger partial charge in [0.05, 0.1) is 6.04 Å². The second-order valence-electron chi connectivity index (χ2n) is 8.53. The van der Waals surface area contributed by atoms with Crippen LogP contribution in [0.25, 0.3) is 10.4 Å². The number of nitrogens with zero attached hydrogens (tertiary/aromatic N) is 3. The number of nitrogens with one attached hydrogen (secondary N) is 1. The van der Waals surface area contributed by atoms with Crippen molar-refractivity contribution in [2.75, 3.05) is 0 Å². The highest BCUT2D eigenvalue weighted by molar-refractivity contribution is 6.84. The molecule has 0 radical (unpaired) electrons. The maximum absolute atomic E-state index is 12.8. The highest BCUT2D eigenvalue weighted by Crippen LogP contribution is 2.15. The average molecular weight is 401 g/mol. The lowest BCUT2D eigenvalue weighted by atomic mass is 10.00. The molecule has 0 saturated carbocycles. The summed E-state index contributed by atoms with van der Waals surface area (Å²) in [6.07, 6.45) is -1.03. The van der Waals surface area contributed by atoms with Gasteiger partial charge >= 0.3 is 5.97 Å². The number of carbonyl (C=O) groups is 2. The summed E-state index contributed by atoms with van der Waals surface area (Å²) >= 11 is 0. The number of ether oxygens (including phenoxy) is 1. The Labute approximate surface area is 167 Å². The molecule has 0 heterocycles. The molecule has 28 heavy (non-hydrogen) atoms. The first-order valence-corrected chi connectivity index (χ1v) is 12.6. The first-order valence-electron chi connectivity index (χ1n) is 9.05. The van der Waals surface area contributed by atoms with Crippen molar-refractivity contribution in [1.29, 1.82) is 0 Å². The maximum Gasteiger partial charge on any atom is 0.384 e. The second kappa shape index (κ2) is 9.97. The van der Waals surface area contributed by atoms with Gasteiger partial charge in [-0.1, -0.05) is 55.1 Å². The number of hydrogen-bond donors (Lipinski definition) is 1. The Kier molecular flexibility index (Phi) is 8.29. The van der Waals surface area contributed by atoms with Crippen LogP contribution in [0, 0.1) is 11.5 Å². The smallest absolute Gasteiger partial charge is 0.384 e. The number of azide groups is 1. The fourth-order valence-electron chi connectivity index (χ4n) is 2.26. The van der Waals surface area contributed by atoms with E-state index in [0.29, 0.717) is 0 Å². The van der Waals surface area contributed by atoms with Crippen LogP contribution in [-0.2, 0) is 20.7 Å². The quantitative estimate of drug-likeness (QED) is 0.197. The molecule has 0 saturated heterocycles. The van der Waals surface area contributed by atoms with E-state index in [1.54, 1.807) is 0 Å². The molecule has 0 aliphatic carbocycles. The van der Waals surface area contributed by atoms with Crippen LogP contribution in [-0.4, -0.2) is 37.6 Å². The van der Waals surface area contributed by atoms with Crippen LogP contribution >= 0.6 is 0 Å². The predicted molar refractivity (Wildman–Crippen MR) is 112 cm³/mol. The van der Waals surface area contributed by atoms with Crippen molar-refractivity contribution in [2.45, 2.75) is 64.5 Å². The SMILES string of the molecule is CC(C)(C)NC(=O)C(OC(=O)C#C[Si](C)(C)C)C(Cc1ccccc1)N=[N+]=[N-]. The number of benzene rings is 1. The molecule has 8 heteroatoms. The Bertz CT molecular complexity index is 795. The third-order valence-electron chi connectivity index (χ3n) is 3.37. The third kappa shape index (κ3) is 9.26. The number of rotatable bonds is 6. The molecular weight excluding hydrogens is 372 g/mol. The van der Waals surface area contributed by atoms with Gasteiger partial charge in [-0.3, -0.25) is 4.79 Å². The molecule has 0 aromatic heterocycles. The summed E-state index contributed by atoms with van der Waals surface area (Å²) in [5, 5.41) is 6.52. The lowest BCUT2D eigenvalue weighted by Gasteiger charge is -2.27. The Hall–Kier alpha value is -2.75. The van der Waals surface area contributed by atoms with E-state index >= 15 is 0 Å². The second-order valence-corrected chi connectivity index (χ2v) is 13.3. The Morgan fingerprint density at radius 1 is 1.25 bits per heavy atom. The third-order valence-corrected chi connectivity index (χ3v) is 4.24. The van der Waals surface area contributed by atoms with Gasteiger partial charge in [0.25, 0.3) is 5.91 Å². The van der Waals surface area contributed by atoms with Crippen LogP contribution in [0.4, 0.5) is 0 Å². The minimum Gasteiger partial charge on any atom is -0.442 e.